The third-order valence-corrected chi connectivity index (χ3v) is 13.9. The van der Waals surface area contributed by atoms with Crippen molar-refractivity contribution in [1.82, 2.24) is 9.97 Å². The van der Waals surface area contributed by atoms with Gasteiger partial charge < -0.3 is 0 Å². The van der Waals surface area contributed by atoms with Crippen LogP contribution in [0.1, 0.15) is 29.0 Å². The van der Waals surface area contributed by atoms with Gasteiger partial charge in [0.25, 0.3) is 0 Å². The SMILES string of the molecule is C1=Cc2c(-c3ccc4c5c(cccc35)-c3c-4c(-c4ccccc4)c4ccccc4c3-c3ccccc3)ccc3c2[C@H](C1)c1cc(-c2ccc4ccc5cccnc5c4n2)ccc1-3. The average Bonchev–Trinajstić information content (AvgIpc) is 3.85. The van der Waals surface area contributed by atoms with Gasteiger partial charge in [0.05, 0.1) is 16.7 Å². The molecule has 1 atom stereocenters. The summed E-state index contributed by atoms with van der Waals surface area (Å²) in [6.45, 7) is 0. The Hall–Kier alpha value is -7.94. The number of rotatable bonds is 4. The van der Waals surface area contributed by atoms with Gasteiger partial charge in [0.2, 0.25) is 0 Å². The van der Waals surface area contributed by atoms with E-state index in [1.54, 1.807) is 0 Å². The highest BCUT2D eigenvalue weighted by Gasteiger charge is 2.35. The summed E-state index contributed by atoms with van der Waals surface area (Å²) in [5, 5.41) is 7.42. The van der Waals surface area contributed by atoms with Crippen molar-refractivity contribution in [3.8, 4) is 78.0 Å². The highest BCUT2D eigenvalue weighted by molar-refractivity contribution is 6.29. The van der Waals surface area contributed by atoms with Crippen LogP contribution < -0.4 is 0 Å². The number of allylic oxidation sites excluding steroid dienone is 1. The van der Waals surface area contributed by atoms with Crippen LogP contribution in [0.5, 0.6) is 0 Å². The molecule has 3 aliphatic rings. The first-order chi connectivity index (χ1) is 30.8. The van der Waals surface area contributed by atoms with E-state index in [1.807, 2.05) is 12.3 Å². The van der Waals surface area contributed by atoms with Gasteiger partial charge in [-0.25, -0.2) is 4.98 Å². The van der Waals surface area contributed by atoms with Gasteiger partial charge in [-0.05, 0) is 130 Å². The molecule has 14 rings (SSSR count). The van der Waals surface area contributed by atoms with E-state index in [1.165, 1.54) is 105 Å². The third kappa shape index (κ3) is 4.64. The van der Waals surface area contributed by atoms with Gasteiger partial charge in [-0.15, -0.1) is 0 Å². The van der Waals surface area contributed by atoms with E-state index in [9.17, 15) is 0 Å². The van der Waals surface area contributed by atoms with E-state index in [0.717, 1.165) is 39.5 Å². The first-order valence-electron chi connectivity index (χ1n) is 21.7. The molecule has 0 saturated carbocycles. The standard InChI is InChI=1S/C60H36N2/c1-3-12-35(13-4-1)53-45-17-7-8-18-46(45)54(36-14-5-2-6-15-36)58-50-31-29-41(44-20-10-22-49(56(44)50)57(53)58)40-28-30-48-42-27-25-39(34-51(42)47-21-9-19-43(40)55(47)48)52-32-26-38-24-23-37-16-11-33-61-59(37)60(38)62-52/h1-20,22-34,47H,21H2/t47-/m1/s1. The Labute approximate surface area is 359 Å². The number of nitrogens with zero attached hydrogens (tertiary/aromatic N) is 2. The van der Waals surface area contributed by atoms with E-state index >= 15 is 0 Å². The molecular weight excluding hydrogens is 749 g/mol. The number of fused-ring (bicyclic) bond motifs is 10. The Balaban J connectivity index is 0.948. The van der Waals surface area contributed by atoms with Crippen molar-refractivity contribution in [3.05, 3.63) is 211 Å². The predicted molar refractivity (Wildman–Crippen MR) is 259 cm³/mol. The van der Waals surface area contributed by atoms with Gasteiger partial charge >= 0.3 is 0 Å². The molecule has 2 heteroatoms. The van der Waals surface area contributed by atoms with Gasteiger partial charge in [0.1, 0.15) is 0 Å². The number of benzene rings is 9. The fourth-order valence-corrected chi connectivity index (χ4v) is 11.4. The van der Waals surface area contributed by atoms with Gasteiger partial charge in [0.15, 0.2) is 0 Å². The van der Waals surface area contributed by atoms with E-state index in [2.05, 4.69) is 188 Å². The molecule has 62 heavy (non-hydrogen) atoms. The van der Waals surface area contributed by atoms with Crippen molar-refractivity contribution >= 4 is 49.4 Å². The first kappa shape index (κ1) is 33.8. The van der Waals surface area contributed by atoms with Crippen LogP contribution in [0.2, 0.25) is 0 Å². The summed E-state index contributed by atoms with van der Waals surface area (Å²) in [6.07, 6.45) is 7.63. The molecule has 3 aliphatic carbocycles. The molecule has 0 N–H and O–H groups in total. The molecule has 0 radical (unpaired) electrons. The molecule has 0 bridgehead atoms. The molecule has 0 saturated heterocycles. The second-order valence-corrected chi connectivity index (χ2v) is 17.1. The molecule has 0 spiro atoms. The quantitative estimate of drug-likeness (QED) is 0.166. The molecule has 0 fully saturated rings. The van der Waals surface area contributed by atoms with Gasteiger partial charge in [-0.2, -0.15) is 0 Å². The van der Waals surface area contributed by atoms with Gasteiger partial charge in [-0.1, -0.05) is 176 Å². The summed E-state index contributed by atoms with van der Waals surface area (Å²) < 4.78 is 0. The second kappa shape index (κ2) is 12.8. The number of aromatic nitrogens is 2. The fourth-order valence-electron chi connectivity index (χ4n) is 11.4. The minimum Gasteiger partial charge on any atom is -0.254 e. The van der Waals surface area contributed by atoms with E-state index in [0.29, 0.717) is 0 Å². The van der Waals surface area contributed by atoms with Gasteiger partial charge in [-0.3, -0.25) is 4.98 Å². The van der Waals surface area contributed by atoms with Gasteiger partial charge in [0, 0.05) is 28.5 Å². The van der Waals surface area contributed by atoms with Crippen LogP contribution in [0.4, 0.5) is 0 Å². The highest BCUT2D eigenvalue weighted by atomic mass is 14.8. The summed E-state index contributed by atoms with van der Waals surface area (Å²) in [5.41, 5.74) is 23.9. The minimum atomic E-state index is 0.290. The lowest BCUT2D eigenvalue weighted by atomic mass is 9.81. The van der Waals surface area contributed by atoms with E-state index < -0.39 is 0 Å². The van der Waals surface area contributed by atoms with Crippen molar-refractivity contribution in [2.75, 3.05) is 0 Å². The monoisotopic (exact) mass is 784 g/mol. The highest BCUT2D eigenvalue weighted by Crippen LogP contribution is 2.59. The predicted octanol–water partition coefficient (Wildman–Crippen LogP) is 15.9. The Morgan fingerprint density at radius 1 is 0.419 bits per heavy atom. The third-order valence-electron chi connectivity index (χ3n) is 13.9. The maximum absolute atomic E-state index is 5.23. The number of pyridine rings is 2. The zero-order valence-electron chi connectivity index (χ0n) is 33.7. The zero-order valence-corrected chi connectivity index (χ0v) is 33.7. The van der Waals surface area contributed by atoms with Crippen molar-refractivity contribution in [2.24, 2.45) is 0 Å². The Morgan fingerprint density at radius 3 is 1.82 bits per heavy atom. The van der Waals surface area contributed by atoms with Crippen molar-refractivity contribution in [3.63, 3.8) is 0 Å². The topological polar surface area (TPSA) is 25.8 Å². The number of hydrogen-bond acceptors (Lipinski definition) is 2. The molecule has 2 nitrogen and oxygen atoms in total. The van der Waals surface area contributed by atoms with E-state index in [4.69, 9.17) is 9.97 Å². The summed E-state index contributed by atoms with van der Waals surface area (Å²) in [7, 11) is 0. The van der Waals surface area contributed by atoms with Crippen LogP contribution in [-0.4, -0.2) is 9.97 Å². The molecule has 0 aliphatic heterocycles. The molecule has 286 valence electrons. The average molecular weight is 785 g/mol. The first-order valence-corrected chi connectivity index (χ1v) is 21.7. The number of hydrogen-bond donors (Lipinski definition) is 0. The smallest absolute Gasteiger partial charge is 0.0972 e. The summed E-state index contributed by atoms with van der Waals surface area (Å²) in [6, 6.07) is 67.3. The molecule has 2 aromatic heterocycles. The minimum absolute atomic E-state index is 0.290. The van der Waals surface area contributed by atoms with Crippen molar-refractivity contribution in [2.45, 2.75) is 12.3 Å². The maximum atomic E-state index is 5.23. The lowest BCUT2D eigenvalue weighted by Gasteiger charge is -2.22. The van der Waals surface area contributed by atoms with Crippen LogP contribution >= 0.6 is 0 Å². The van der Waals surface area contributed by atoms with E-state index in [-0.39, 0.29) is 5.92 Å². The van der Waals surface area contributed by atoms with Crippen LogP contribution in [0, 0.1) is 0 Å². The van der Waals surface area contributed by atoms with Crippen molar-refractivity contribution < 1.29 is 0 Å². The molecule has 0 amide bonds. The molecule has 2 heterocycles. The second-order valence-electron chi connectivity index (χ2n) is 17.1. The Kier molecular flexibility index (Phi) is 6.98. The van der Waals surface area contributed by atoms with Crippen LogP contribution in [0.15, 0.2) is 194 Å². The summed E-state index contributed by atoms with van der Waals surface area (Å²) in [5.74, 6) is 0.290. The van der Waals surface area contributed by atoms with Crippen LogP contribution in [-0.2, 0) is 0 Å². The summed E-state index contributed by atoms with van der Waals surface area (Å²) >= 11 is 0. The molecule has 0 unspecified atom stereocenters. The lowest BCUT2D eigenvalue weighted by molar-refractivity contribution is 0.845. The van der Waals surface area contributed by atoms with Crippen LogP contribution in [0.3, 0.4) is 0 Å². The molecular formula is C60H36N2. The fraction of sp³-hybridized carbons (Fsp3) is 0.0333. The molecule has 9 aromatic carbocycles. The van der Waals surface area contributed by atoms with Crippen molar-refractivity contribution in [1.29, 1.82) is 0 Å². The largest absolute Gasteiger partial charge is 0.254 e. The summed E-state index contributed by atoms with van der Waals surface area (Å²) in [4.78, 5) is 9.95. The lowest BCUT2D eigenvalue weighted by Crippen LogP contribution is -2.03. The van der Waals surface area contributed by atoms with Crippen LogP contribution in [0.25, 0.3) is 127 Å². The normalized spacial score (nSPS) is 14.2. The zero-order chi connectivity index (χ0) is 40.5. The maximum Gasteiger partial charge on any atom is 0.0972 e. The Morgan fingerprint density at radius 2 is 1.05 bits per heavy atom. The molecule has 11 aromatic rings. The Bertz CT molecular complexity index is 3670.